The van der Waals surface area contributed by atoms with E-state index in [2.05, 4.69) is 29.6 Å². The van der Waals surface area contributed by atoms with Crippen LogP contribution in [-0.2, 0) is 9.53 Å². The van der Waals surface area contributed by atoms with Gasteiger partial charge in [0.25, 0.3) is 0 Å². The number of carbonyl (C=O) groups is 1. The van der Waals surface area contributed by atoms with Gasteiger partial charge in [0.1, 0.15) is 11.5 Å². The van der Waals surface area contributed by atoms with Gasteiger partial charge < -0.3 is 19.5 Å². The number of rotatable bonds is 8. The third-order valence-corrected chi connectivity index (χ3v) is 6.33. The summed E-state index contributed by atoms with van der Waals surface area (Å²) in [6.07, 6.45) is 3.18. The Morgan fingerprint density at radius 2 is 1.64 bits per heavy atom. The van der Waals surface area contributed by atoms with Crippen LogP contribution in [0.2, 0.25) is 0 Å². The van der Waals surface area contributed by atoms with Crippen molar-refractivity contribution in [3.8, 4) is 21.9 Å². The first-order valence-electron chi connectivity index (χ1n) is 10.6. The molecule has 0 aliphatic rings. The van der Waals surface area contributed by atoms with Crippen LogP contribution in [0.15, 0.2) is 72.8 Å². The van der Waals surface area contributed by atoms with E-state index in [1.54, 1.807) is 38.6 Å². The summed E-state index contributed by atoms with van der Waals surface area (Å²) < 4.78 is 16.8. The summed E-state index contributed by atoms with van der Waals surface area (Å²) in [5.74, 6) is 1.31. The summed E-state index contributed by atoms with van der Waals surface area (Å²) in [7, 11) is 3.34. The van der Waals surface area contributed by atoms with Gasteiger partial charge in [-0.2, -0.15) is 0 Å². The number of thiophene rings is 1. The Balaban J connectivity index is 1.67. The Morgan fingerprint density at radius 1 is 0.939 bits per heavy atom. The normalized spacial score (nSPS) is 11.0. The summed E-state index contributed by atoms with van der Waals surface area (Å²) in [6.45, 7) is 2.15. The highest BCUT2D eigenvalue weighted by Gasteiger charge is 2.15. The van der Waals surface area contributed by atoms with Gasteiger partial charge in [-0.1, -0.05) is 12.1 Å². The van der Waals surface area contributed by atoms with Crippen molar-refractivity contribution in [1.82, 2.24) is 0 Å². The van der Waals surface area contributed by atoms with Crippen LogP contribution in [0.4, 0.5) is 11.4 Å². The molecule has 0 saturated carbocycles. The summed E-state index contributed by atoms with van der Waals surface area (Å²) in [5.41, 5.74) is 4.02. The van der Waals surface area contributed by atoms with Crippen molar-refractivity contribution >= 4 is 44.8 Å². The molecular weight excluding hydrogens is 434 g/mol. The number of anilines is 2. The third kappa shape index (κ3) is 5.18. The number of fused-ring (bicyclic) bond motifs is 1. The fourth-order valence-corrected chi connectivity index (χ4v) is 4.64. The second-order valence-corrected chi connectivity index (χ2v) is 8.28. The molecule has 1 N–H and O–H groups in total. The lowest BCUT2D eigenvalue weighted by Gasteiger charge is -2.10. The monoisotopic (exact) mass is 459 g/mol. The molecule has 1 heterocycles. The second-order valence-electron chi connectivity index (χ2n) is 7.23. The molecule has 6 heteroatoms. The van der Waals surface area contributed by atoms with Gasteiger partial charge in [0.2, 0.25) is 0 Å². The largest absolute Gasteiger partial charge is 0.497 e. The van der Waals surface area contributed by atoms with Gasteiger partial charge in [0.15, 0.2) is 0 Å². The molecule has 4 rings (SSSR count). The Labute approximate surface area is 197 Å². The van der Waals surface area contributed by atoms with Gasteiger partial charge in [0, 0.05) is 21.8 Å². The lowest BCUT2D eigenvalue weighted by atomic mass is 10.1. The van der Waals surface area contributed by atoms with Crippen LogP contribution in [0.1, 0.15) is 12.5 Å². The van der Waals surface area contributed by atoms with E-state index in [9.17, 15) is 4.79 Å². The lowest BCUT2D eigenvalue weighted by molar-refractivity contribution is -0.137. The number of benzene rings is 3. The highest BCUT2D eigenvalue weighted by atomic mass is 32.1. The van der Waals surface area contributed by atoms with E-state index in [-0.39, 0.29) is 5.97 Å². The van der Waals surface area contributed by atoms with Crippen LogP contribution in [0.25, 0.3) is 26.6 Å². The number of esters is 1. The minimum Gasteiger partial charge on any atom is -0.497 e. The van der Waals surface area contributed by atoms with Gasteiger partial charge in [-0.3, -0.25) is 0 Å². The first-order chi connectivity index (χ1) is 16.1. The van der Waals surface area contributed by atoms with Crippen molar-refractivity contribution in [2.75, 3.05) is 26.1 Å². The van der Waals surface area contributed by atoms with Crippen molar-refractivity contribution in [2.45, 2.75) is 6.92 Å². The topological polar surface area (TPSA) is 56.8 Å². The SMILES string of the molecule is CCOC(=O)C=Cc1ccc(Nc2c(-c3ccc(OC)cc3)sc3cc(OC)ccc23)cc1. The Bertz CT molecular complexity index is 1270. The van der Waals surface area contributed by atoms with Crippen LogP contribution in [0, 0.1) is 0 Å². The Hall–Kier alpha value is -3.77. The predicted octanol–water partition coefficient (Wildman–Crippen LogP) is 6.91. The smallest absolute Gasteiger partial charge is 0.330 e. The maximum absolute atomic E-state index is 11.5. The first-order valence-corrected chi connectivity index (χ1v) is 11.4. The van der Waals surface area contributed by atoms with E-state index in [4.69, 9.17) is 14.2 Å². The summed E-state index contributed by atoms with van der Waals surface area (Å²) in [5, 5.41) is 4.72. The summed E-state index contributed by atoms with van der Waals surface area (Å²) in [4.78, 5) is 12.7. The molecule has 0 aliphatic carbocycles. The van der Waals surface area contributed by atoms with E-state index >= 15 is 0 Å². The molecule has 33 heavy (non-hydrogen) atoms. The number of methoxy groups -OCH3 is 2. The zero-order chi connectivity index (χ0) is 23.2. The molecule has 0 bridgehead atoms. The molecule has 5 nitrogen and oxygen atoms in total. The highest BCUT2D eigenvalue weighted by Crippen LogP contribution is 2.45. The van der Waals surface area contributed by atoms with Gasteiger partial charge in [-0.05, 0) is 78.7 Å². The molecule has 1 aromatic heterocycles. The average molecular weight is 460 g/mol. The van der Waals surface area contributed by atoms with Crippen LogP contribution in [-0.4, -0.2) is 26.8 Å². The van der Waals surface area contributed by atoms with Crippen LogP contribution in [0.3, 0.4) is 0 Å². The minimum absolute atomic E-state index is 0.344. The van der Waals surface area contributed by atoms with E-state index in [1.807, 2.05) is 42.5 Å². The zero-order valence-corrected chi connectivity index (χ0v) is 19.6. The van der Waals surface area contributed by atoms with Crippen LogP contribution in [0.5, 0.6) is 11.5 Å². The fourth-order valence-electron chi connectivity index (χ4n) is 3.45. The lowest BCUT2D eigenvalue weighted by Crippen LogP contribution is -1.98. The highest BCUT2D eigenvalue weighted by molar-refractivity contribution is 7.23. The van der Waals surface area contributed by atoms with Crippen molar-refractivity contribution in [2.24, 2.45) is 0 Å². The van der Waals surface area contributed by atoms with Crippen molar-refractivity contribution in [1.29, 1.82) is 0 Å². The van der Waals surface area contributed by atoms with Gasteiger partial charge in [-0.15, -0.1) is 11.3 Å². The fraction of sp³-hybridized carbons (Fsp3) is 0.148. The number of nitrogens with one attached hydrogen (secondary N) is 1. The molecule has 4 aromatic rings. The summed E-state index contributed by atoms with van der Waals surface area (Å²) in [6, 6.07) is 22.1. The number of ether oxygens (including phenoxy) is 3. The molecule has 0 amide bonds. The molecule has 0 unspecified atom stereocenters. The van der Waals surface area contributed by atoms with E-state index < -0.39 is 0 Å². The Morgan fingerprint density at radius 3 is 2.30 bits per heavy atom. The van der Waals surface area contributed by atoms with E-state index in [0.29, 0.717) is 6.61 Å². The first kappa shape index (κ1) is 22.4. The van der Waals surface area contributed by atoms with Crippen molar-refractivity contribution < 1.29 is 19.0 Å². The van der Waals surface area contributed by atoms with Crippen molar-refractivity contribution in [3.63, 3.8) is 0 Å². The van der Waals surface area contributed by atoms with Gasteiger partial charge >= 0.3 is 5.97 Å². The van der Waals surface area contributed by atoms with Crippen molar-refractivity contribution in [3.05, 3.63) is 78.4 Å². The number of carbonyl (C=O) groups excluding carboxylic acids is 1. The molecule has 0 fully saturated rings. The summed E-state index contributed by atoms with van der Waals surface area (Å²) >= 11 is 1.71. The molecular formula is C27H25NO4S. The average Bonchev–Trinajstić information content (AvgIpc) is 3.21. The van der Waals surface area contributed by atoms with E-state index in [0.717, 1.165) is 49.0 Å². The van der Waals surface area contributed by atoms with Crippen LogP contribution < -0.4 is 14.8 Å². The number of hydrogen-bond acceptors (Lipinski definition) is 6. The standard InChI is InChI=1S/C27H25NO4S/c1-4-32-25(29)16-7-18-5-10-20(11-6-18)28-26-23-15-14-22(31-3)17-24(23)33-27(26)19-8-12-21(30-2)13-9-19/h5-17,28H,4H2,1-3H3. The molecule has 168 valence electrons. The molecule has 3 aromatic carbocycles. The minimum atomic E-state index is -0.344. The maximum atomic E-state index is 11.5. The molecule has 0 aliphatic heterocycles. The van der Waals surface area contributed by atoms with Crippen LogP contribution >= 0.6 is 11.3 Å². The third-order valence-electron chi connectivity index (χ3n) is 5.13. The van der Waals surface area contributed by atoms with Gasteiger partial charge in [-0.25, -0.2) is 4.79 Å². The molecule has 0 radical (unpaired) electrons. The maximum Gasteiger partial charge on any atom is 0.330 e. The predicted molar refractivity (Wildman–Crippen MR) is 136 cm³/mol. The second kappa shape index (κ2) is 10.2. The number of hydrogen-bond donors (Lipinski definition) is 1. The Kier molecular flexibility index (Phi) is 6.95. The van der Waals surface area contributed by atoms with E-state index in [1.165, 1.54) is 6.08 Å². The zero-order valence-electron chi connectivity index (χ0n) is 18.8. The molecule has 0 saturated heterocycles. The molecule has 0 atom stereocenters. The molecule has 0 spiro atoms. The quantitative estimate of drug-likeness (QED) is 0.229. The van der Waals surface area contributed by atoms with Gasteiger partial charge in [0.05, 0.1) is 31.4 Å².